The van der Waals surface area contributed by atoms with E-state index in [0.29, 0.717) is 11.7 Å². The highest BCUT2D eigenvalue weighted by Gasteiger charge is 2.18. The number of aryl methyl sites for hydroxylation is 1. The molecule has 18 heavy (non-hydrogen) atoms. The summed E-state index contributed by atoms with van der Waals surface area (Å²) in [4.78, 5) is 12.0. The quantitative estimate of drug-likeness (QED) is 0.732. The Bertz CT molecular complexity index is 588. The van der Waals surface area contributed by atoms with Crippen molar-refractivity contribution in [1.29, 1.82) is 0 Å². The van der Waals surface area contributed by atoms with Gasteiger partial charge in [0.15, 0.2) is 5.76 Å². The minimum atomic E-state index is -0.0339. The maximum Gasteiger partial charge on any atom is 0.200 e. The number of fused-ring (bicyclic) bond motifs is 1. The third-order valence-corrected chi connectivity index (χ3v) is 3.30. The lowest BCUT2D eigenvalue weighted by Crippen LogP contribution is -2.05. The molecule has 1 heterocycles. The van der Waals surface area contributed by atoms with E-state index in [4.69, 9.17) is 4.42 Å². The SMILES string of the molecule is Cc1ccc(C(C)C)c2cc(C(=O)C(C)C)oc12. The van der Waals surface area contributed by atoms with Gasteiger partial charge in [-0.3, -0.25) is 4.79 Å². The van der Waals surface area contributed by atoms with Gasteiger partial charge in [-0.05, 0) is 30.0 Å². The molecule has 2 rings (SSSR count). The Morgan fingerprint density at radius 2 is 1.83 bits per heavy atom. The third-order valence-electron chi connectivity index (χ3n) is 3.30. The van der Waals surface area contributed by atoms with Crippen molar-refractivity contribution in [2.24, 2.45) is 5.92 Å². The van der Waals surface area contributed by atoms with Gasteiger partial charge in [0, 0.05) is 11.3 Å². The molecule has 0 saturated carbocycles. The van der Waals surface area contributed by atoms with Crippen LogP contribution in [0.2, 0.25) is 0 Å². The third kappa shape index (κ3) is 2.07. The van der Waals surface area contributed by atoms with Gasteiger partial charge in [0.05, 0.1) is 0 Å². The summed E-state index contributed by atoms with van der Waals surface area (Å²) in [6.07, 6.45) is 0. The smallest absolute Gasteiger partial charge is 0.200 e. The van der Waals surface area contributed by atoms with Gasteiger partial charge in [-0.25, -0.2) is 0 Å². The van der Waals surface area contributed by atoms with Gasteiger partial charge in [0.1, 0.15) is 5.58 Å². The monoisotopic (exact) mass is 244 g/mol. The van der Waals surface area contributed by atoms with Crippen molar-refractivity contribution in [3.8, 4) is 0 Å². The van der Waals surface area contributed by atoms with Gasteiger partial charge >= 0.3 is 0 Å². The molecule has 0 aliphatic carbocycles. The molecule has 2 heteroatoms. The van der Waals surface area contributed by atoms with Crippen molar-refractivity contribution in [2.75, 3.05) is 0 Å². The maximum atomic E-state index is 12.0. The van der Waals surface area contributed by atoms with Crippen molar-refractivity contribution in [3.63, 3.8) is 0 Å². The predicted molar refractivity (Wildman–Crippen MR) is 74.2 cm³/mol. The lowest BCUT2D eigenvalue weighted by Gasteiger charge is -2.07. The van der Waals surface area contributed by atoms with E-state index < -0.39 is 0 Å². The van der Waals surface area contributed by atoms with Crippen LogP contribution in [0.3, 0.4) is 0 Å². The van der Waals surface area contributed by atoms with E-state index in [2.05, 4.69) is 26.0 Å². The molecular formula is C16H20O2. The molecule has 0 atom stereocenters. The molecule has 2 aromatic rings. The molecule has 1 aromatic heterocycles. The fourth-order valence-electron chi connectivity index (χ4n) is 2.19. The first-order valence-corrected chi connectivity index (χ1v) is 6.49. The molecule has 0 aliphatic heterocycles. The first-order valence-electron chi connectivity index (χ1n) is 6.49. The Balaban J connectivity index is 2.66. The van der Waals surface area contributed by atoms with Gasteiger partial charge in [0.2, 0.25) is 5.78 Å². The van der Waals surface area contributed by atoms with Crippen LogP contribution in [0.5, 0.6) is 0 Å². The van der Waals surface area contributed by atoms with E-state index in [0.717, 1.165) is 16.5 Å². The average Bonchev–Trinajstić information content (AvgIpc) is 2.73. The van der Waals surface area contributed by atoms with Crippen LogP contribution in [0.1, 0.15) is 55.3 Å². The molecule has 0 aliphatic rings. The summed E-state index contributed by atoms with van der Waals surface area (Å²) in [5, 5.41) is 1.08. The topological polar surface area (TPSA) is 30.2 Å². The summed E-state index contributed by atoms with van der Waals surface area (Å²) in [5.41, 5.74) is 3.17. The van der Waals surface area contributed by atoms with Gasteiger partial charge in [-0.2, -0.15) is 0 Å². The first kappa shape index (κ1) is 12.9. The fraction of sp³-hybridized carbons (Fsp3) is 0.438. The van der Waals surface area contributed by atoms with Gasteiger partial charge in [-0.15, -0.1) is 0 Å². The van der Waals surface area contributed by atoms with Gasteiger partial charge in [-0.1, -0.05) is 39.8 Å². The molecule has 0 unspecified atom stereocenters. The first-order chi connectivity index (χ1) is 8.41. The Morgan fingerprint density at radius 3 is 2.39 bits per heavy atom. The predicted octanol–water partition coefficient (Wildman–Crippen LogP) is 4.70. The summed E-state index contributed by atoms with van der Waals surface area (Å²) < 4.78 is 5.76. The molecule has 0 bridgehead atoms. The van der Waals surface area contributed by atoms with Crippen molar-refractivity contribution < 1.29 is 9.21 Å². The number of rotatable bonds is 3. The van der Waals surface area contributed by atoms with E-state index >= 15 is 0 Å². The summed E-state index contributed by atoms with van der Waals surface area (Å²) in [6, 6.07) is 6.09. The van der Waals surface area contributed by atoms with Gasteiger partial charge in [0.25, 0.3) is 0 Å². The van der Waals surface area contributed by atoms with Crippen LogP contribution in [-0.4, -0.2) is 5.78 Å². The molecule has 2 nitrogen and oxygen atoms in total. The largest absolute Gasteiger partial charge is 0.453 e. The van der Waals surface area contributed by atoms with E-state index in [1.54, 1.807) is 0 Å². The molecular weight excluding hydrogens is 224 g/mol. The minimum Gasteiger partial charge on any atom is -0.453 e. The molecule has 0 radical (unpaired) electrons. The van der Waals surface area contributed by atoms with Crippen molar-refractivity contribution in [3.05, 3.63) is 35.1 Å². The number of ketones is 1. The number of Topliss-reactive ketones (excluding diaryl/α,β-unsaturated/α-hetero) is 1. The summed E-state index contributed by atoms with van der Waals surface area (Å²) in [7, 11) is 0. The average molecular weight is 244 g/mol. The highest BCUT2D eigenvalue weighted by atomic mass is 16.3. The van der Waals surface area contributed by atoms with Crippen molar-refractivity contribution in [2.45, 2.75) is 40.5 Å². The number of furan rings is 1. The summed E-state index contributed by atoms with van der Waals surface area (Å²) >= 11 is 0. The Kier molecular flexibility index (Phi) is 3.29. The van der Waals surface area contributed by atoms with Crippen LogP contribution in [-0.2, 0) is 0 Å². The second kappa shape index (κ2) is 4.60. The number of carbonyl (C=O) groups is 1. The number of benzene rings is 1. The van der Waals surface area contributed by atoms with Crippen LogP contribution < -0.4 is 0 Å². The molecule has 96 valence electrons. The van der Waals surface area contributed by atoms with Crippen molar-refractivity contribution in [1.82, 2.24) is 0 Å². The lowest BCUT2D eigenvalue weighted by atomic mass is 9.97. The van der Waals surface area contributed by atoms with E-state index in [1.165, 1.54) is 5.56 Å². The molecule has 0 N–H and O–H groups in total. The Morgan fingerprint density at radius 1 is 1.17 bits per heavy atom. The molecule has 0 fully saturated rings. The lowest BCUT2D eigenvalue weighted by molar-refractivity contribution is 0.0913. The van der Waals surface area contributed by atoms with Crippen LogP contribution >= 0.6 is 0 Å². The van der Waals surface area contributed by atoms with E-state index in [1.807, 2.05) is 26.8 Å². The molecule has 0 saturated heterocycles. The second-order valence-corrected chi connectivity index (χ2v) is 5.50. The van der Waals surface area contributed by atoms with Gasteiger partial charge < -0.3 is 4.42 Å². The zero-order valence-corrected chi connectivity index (χ0v) is 11.7. The highest BCUT2D eigenvalue weighted by Crippen LogP contribution is 2.31. The Labute approximate surface area is 108 Å². The normalized spacial score (nSPS) is 11.7. The van der Waals surface area contributed by atoms with Crippen LogP contribution in [0.25, 0.3) is 11.0 Å². The second-order valence-electron chi connectivity index (χ2n) is 5.50. The minimum absolute atomic E-state index is 0.0339. The Hall–Kier alpha value is -1.57. The van der Waals surface area contributed by atoms with E-state index in [9.17, 15) is 4.79 Å². The summed E-state index contributed by atoms with van der Waals surface area (Å²) in [5.74, 6) is 0.942. The highest BCUT2D eigenvalue weighted by molar-refractivity contribution is 5.99. The molecule has 1 aromatic carbocycles. The zero-order chi connectivity index (χ0) is 13.4. The zero-order valence-electron chi connectivity index (χ0n) is 11.7. The van der Waals surface area contributed by atoms with E-state index in [-0.39, 0.29) is 11.7 Å². The van der Waals surface area contributed by atoms with Crippen LogP contribution in [0.4, 0.5) is 0 Å². The number of hydrogen-bond acceptors (Lipinski definition) is 2. The standard InChI is InChI=1S/C16H20O2/c1-9(2)12-7-6-11(5)16-13(12)8-14(18-16)15(17)10(3)4/h6-10H,1-5H3. The number of carbonyl (C=O) groups excluding carboxylic acids is 1. The fourth-order valence-corrected chi connectivity index (χ4v) is 2.19. The van der Waals surface area contributed by atoms with Crippen LogP contribution in [0, 0.1) is 12.8 Å². The molecule has 0 spiro atoms. The number of hydrogen-bond donors (Lipinski definition) is 0. The van der Waals surface area contributed by atoms with Crippen LogP contribution in [0.15, 0.2) is 22.6 Å². The van der Waals surface area contributed by atoms with Crippen molar-refractivity contribution >= 4 is 16.8 Å². The maximum absolute atomic E-state index is 12.0. The summed E-state index contributed by atoms with van der Waals surface area (Å²) in [6.45, 7) is 10.1. The molecule has 0 amide bonds.